The number of nitro benzene ring substituents is 1. The lowest BCUT2D eigenvalue weighted by Gasteiger charge is -2.18. The van der Waals surface area contributed by atoms with Crippen molar-refractivity contribution in [3.05, 3.63) is 39.4 Å². The topological polar surface area (TPSA) is 101 Å². The number of rotatable bonds is 5. The van der Waals surface area contributed by atoms with Crippen molar-refractivity contribution >= 4 is 17.6 Å². The first kappa shape index (κ1) is 16.0. The van der Waals surface area contributed by atoms with Crippen LogP contribution < -0.4 is 0 Å². The minimum Gasteiger partial charge on any atom is -0.480 e. The number of carbonyl (C=O) groups excluding carboxylic acids is 1. The second-order valence-electron chi connectivity index (χ2n) is 3.80. The number of amides is 1. The third-order valence-electron chi connectivity index (χ3n) is 2.36. The fourth-order valence-corrected chi connectivity index (χ4v) is 1.48. The number of carboxylic acid groups (broad SMARTS) is 1. The molecule has 0 spiro atoms. The number of nitrogens with zero attached hydrogens (tertiary/aromatic N) is 2. The normalized spacial score (nSPS) is 9.76. The molecule has 21 heavy (non-hydrogen) atoms. The Hall–Kier alpha value is -3.02. The number of benzene rings is 1. The van der Waals surface area contributed by atoms with Gasteiger partial charge in [0.25, 0.3) is 5.91 Å². The van der Waals surface area contributed by atoms with E-state index in [1.807, 2.05) is 5.92 Å². The average Bonchev–Trinajstić information content (AvgIpc) is 2.39. The predicted octanol–water partition coefficient (Wildman–Crippen LogP) is 1.03. The maximum Gasteiger partial charge on any atom is 0.323 e. The molecule has 7 nitrogen and oxygen atoms in total. The highest BCUT2D eigenvalue weighted by Crippen LogP contribution is 2.22. The second-order valence-corrected chi connectivity index (χ2v) is 3.80. The summed E-state index contributed by atoms with van der Waals surface area (Å²) < 4.78 is 27.1. The van der Waals surface area contributed by atoms with Crippen molar-refractivity contribution in [2.24, 2.45) is 0 Å². The monoisotopic (exact) mass is 298 g/mol. The number of carbonyl (C=O) groups is 2. The smallest absolute Gasteiger partial charge is 0.323 e. The Morgan fingerprint density at radius 3 is 2.48 bits per heavy atom. The van der Waals surface area contributed by atoms with Gasteiger partial charge in [0.15, 0.2) is 0 Å². The van der Waals surface area contributed by atoms with Gasteiger partial charge in [-0.3, -0.25) is 19.7 Å². The zero-order valence-corrected chi connectivity index (χ0v) is 10.4. The molecule has 1 N–H and O–H groups in total. The molecular formula is C12H8F2N2O5. The van der Waals surface area contributed by atoms with Gasteiger partial charge in [0.1, 0.15) is 12.4 Å². The number of hydrogen-bond donors (Lipinski definition) is 1. The van der Waals surface area contributed by atoms with E-state index in [1.54, 1.807) is 0 Å². The van der Waals surface area contributed by atoms with Crippen LogP contribution in [0.1, 0.15) is 10.4 Å². The maximum absolute atomic E-state index is 13.7. The molecule has 0 unspecified atom stereocenters. The highest BCUT2D eigenvalue weighted by atomic mass is 19.1. The van der Waals surface area contributed by atoms with Gasteiger partial charge in [0.2, 0.25) is 5.82 Å². The highest BCUT2D eigenvalue weighted by Gasteiger charge is 2.25. The van der Waals surface area contributed by atoms with E-state index in [0.29, 0.717) is 11.0 Å². The van der Waals surface area contributed by atoms with E-state index in [9.17, 15) is 28.5 Å². The molecule has 0 aliphatic rings. The number of hydrogen-bond acceptors (Lipinski definition) is 4. The second kappa shape index (κ2) is 6.42. The van der Waals surface area contributed by atoms with Gasteiger partial charge in [0, 0.05) is 0 Å². The average molecular weight is 298 g/mol. The van der Waals surface area contributed by atoms with Crippen LogP contribution in [0.3, 0.4) is 0 Å². The molecule has 0 aromatic heterocycles. The van der Waals surface area contributed by atoms with Gasteiger partial charge in [-0.25, -0.2) is 4.39 Å². The summed E-state index contributed by atoms with van der Waals surface area (Å²) in [5.74, 6) is -3.34. The molecule has 0 fully saturated rings. The van der Waals surface area contributed by atoms with E-state index < -0.39 is 52.8 Å². The zero-order valence-electron chi connectivity index (χ0n) is 10.4. The van der Waals surface area contributed by atoms with Crippen LogP contribution in [0.4, 0.5) is 14.5 Å². The Morgan fingerprint density at radius 2 is 2.00 bits per heavy atom. The molecule has 1 amide bonds. The molecular weight excluding hydrogens is 290 g/mol. The van der Waals surface area contributed by atoms with E-state index in [-0.39, 0.29) is 6.07 Å². The standard InChI is InChI=1S/C12H8F2N2O5/c1-2-3-15(6-11(17)18)12(19)7-4-9(14)10(16(20)21)5-8(7)13/h1,4-5H,3,6H2,(H,17,18). The summed E-state index contributed by atoms with van der Waals surface area (Å²) in [5, 5.41) is 19.1. The van der Waals surface area contributed by atoms with Crippen LogP contribution in [0.15, 0.2) is 12.1 Å². The Kier molecular flexibility index (Phi) is 4.91. The Labute approximate surface area is 116 Å². The Bertz CT molecular complexity index is 654. The zero-order chi connectivity index (χ0) is 16.2. The van der Waals surface area contributed by atoms with Crippen LogP contribution in [-0.2, 0) is 4.79 Å². The van der Waals surface area contributed by atoms with E-state index in [4.69, 9.17) is 11.5 Å². The first-order valence-corrected chi connectivity index (χ1v) is 5.36. The van der Waals surface area contributed by atoms with Gasteiger partial charge in [-0.1, -0.05) is 5.92 Å². The minimum atomic E-state index is -1.42. The minimum absolute atomic E-state index is 0.247. The van der Waals surface area contributed by atoms with Gasteiger partial charge in [0.05, 0.1) is 23.1 Å². The van der Waals surface area contributed by atoms with Crippen LogP contribution in [0, 0.1) is 34.1 Å². The number of carboxylic acids is 1. The van der Waals surface area contributed by atoms with Crippen LogP contribution >= 0.6 is 0 Å². The molecule has 0 bridgehead atoms. The van der Waals surface area contributed by atoms with Crippen molar-refractivity contribution in [3.8, 4) is 12.3 Å². The van der Waals surface area contributed by atoms with Gasteiger partial charge in [-0.2, -0.15) is 4.39 Å². The van der Waals surface area contributed by atoms with Gasteiger partial charge < -0.3 is 10.0 Å². The van der Waals surface area contributed by atoms with Gasteiger partial charge >= 0.3 is 11.7 Å². The van der Waals surface area contributed by atoms with E-state index >= 15 is 0 Å². The molecule has 0 saturated heterocycles. The van der Waals surface area contributed by atoms with Crippen LogP contribution in [0.5, 0.6) is 0 Å². The molecule has 110 valence electrons. The van der Waals surface area contributed by atoms with Crippen molar-refractivity contribution < 1.29 is 28.4 Å². The number of nitro groups is 1. The Balaban J connectivity index is 3.22. The number of halogens is 2. The van der Waals surface area contributed by atoms with Crippen LogP contribution in [0.2, 0.25) is 0 Å². The molecule has 9 heteroatoms. The SMILES string of the molecule is C#CCN(CC(=O)O)C(=O)c1cc(F)c([N+](=O)[O-])cc1F. The van der Waals surface area contributed by atoms with E-state index in [0.717, 1.165) is 0 Å². The lowest BCUT2D eigenvalue weighted by molar-refractivity contribution is -0.387. The van der Waals surface area contributed by atoms with Crippen molar-refractivity contribution in [1.29, 1.82) is 0 Å². The third-order valence-corrected chi connectivity index (χ3v) is 2.36. The predicted molar refractivity (Wildman–Crippen MR) is 65.4 cm³/mol. The van der Waals surface area contributed by atoms with Crippen molar-refractivity contribution in [2.45, 2.75) is 0 Å². The van der Waals surface area contributed by atoms with Crippen molar-refractivity contribution in [3.63, 3.8) is 0 Å². The number of aliphatic carboxylic acids is 1. The lowest BCUT2D eigenvalue weighted by Crippen LogP contribution is -2.36. The lowest BCUT2D eigenvalue weighted by atomic mass is 10.1. The molecule has 0 aliphatic heterocycles. The summed E-state index contributed by atoms with van der Waals surface area (Å²) in [5.41, 5.74) is -1.97. The number of terminal acetylenes is 1. The summed E-state index contributed by atoms with van der Waals surface area (Å²) in [4.78, 5) is 32.4. The molecule has 1 aromatic carbocycles. The van der Waals surface area contributed by atoms with E-state index in [2.05, 4.69) is 0 Å². The van der Waals surface area contributed by atoms with Crippen LogP contribution in [-0.4, -0.2) is 39.9 Å². The summed E-state index contributed by atoms with van der Waals surface area (Å²) >= 11 is 0. The summed E-state index contributed by atoms with van der Waals surface area (Å²) in [6, 6.07) is 0.582. The van der Waals surface area contributed by atoms with Crippen molar-refractivity contribution in [2.75, 3.05) is 13.1 Å². The molecule has 0 aliphatic carbocycles. The molecule has 0 atom stereocenters. The molecule has 1 rings (SSSR count). The van der Waals surface area contributed by atoms with E-state index in [1.165, 1.54) is 0 Å². The fraction of sp³-hybridized carbons (Fsp3) is 0.167. The summed E-state index contributed by atoms with van der Waals surface area (Å²) in [7, 11) is 0. The van der Waals surface area contributed by atoms with Crippen molar-refractivity contribution in [1.82, 2.24) is 4.90 Å². The first-order valence-electron chi connectivity index (χ1n) is 5.36. The Morgan fingerprint density at radius 1 is 1.38 bits per heavy atom. The highest BCUT2D eigenvalue weighted by molar-refractivity contribution is 5.96. The van der Waals surface area contributed by atoms with Crippen LogP contribution in [0.25, 0.3) is 0 Å². The maximum atomic E-state index is 13.7. The molecule has 0 saturated carbocycles. The first-order chi connectivity index (χ1) is 9.77. The third kappa shape index (κ3) is 3.73. The fourth-order valence-electron chi connectivity index (χ4n) is 1.48. The quantitative estimate of drug-likeness (QED) is 0.497. The molecule has 1 aromatic rings. The summed E-state index contributed by atoms with van der Waals surface area (Å²) in [6.07, 6.45) is 4.96. The molecule has 0 radical (unpaired) electrons. The molecule has 0 heterocycles. The largest absolute Gasteiger partial charge is 0.480 e. The van der Waals surface area contributed by atoms with Gasteiger partial charge in [-0.15, -0.1) is 6.42 Å². The van der Waals surface area contributed by atoms with Gasteiger partial charge in [-0.05, 0) is 6.07 Å². The summed E-state index contributed by atoms with van der Waals surface area (Å²) in [6.45, 7) is -1.26.